The minimum Gasteiger partial charge on any atom is -0.478 e. The molecular weight excluding hydrogens is 296 g/mol. The summed E-state index contributed by atoms with van der Waals surface area (Å²) in [5, 5.41) is 9.97. The van der Waals surface area contributed by atoms with Crippen LogP contribution in [-0.2, 0) is 0 Å². The SMILES string of the molecule is CSc1cccc(Oc2ccc(Cl)cc2C)c1C(=O)O. The summed E-state index contributed by atoms with van der Waals surface area (Å²) in [6, 6.07) is 10.4. The molecule has 104 valence electrons. The highest BCUT2D eigenvalue weighted by molar-refractivity contribution is 7.98. The normalized spacial score (nSPS) is 10.3. The van der Waals surface area contributed by atoms with Crippen LogP contribution in [0.4, 0.5) is 0 Å². The Labute approximate surface area is 126 Å². The average Bonchev–Trinajstić information content (AvgIpc) is 2.41. The quantitative estimate of drug-likeness (QED) is 0.819. The molecule has 0 saturated carbocycles. The van der Waals surface area contributed by atoms with E-state index in [1.54, 1.807) is 36.4 Å². The molecule has 2 aromatic rings. The molecule has 0 aliphatic carbocycles. The molecule has 0 radical (unpaired) electrons. The third kappa shape index (κ3) is 3.08. The van der Waals surface area contributed by atoms with Crippen molar-refractivity contribution in [3.63, 3.8) is 0 Å². The van der Waals surface area contributed by atoms with E-state index in [9.17, 15) is 9.90 Å². The molecule has 0 fully saturated rings. The van der Waals surface area contributed by atoms with Crippen LogP contribution >= 0.6 is 23.4 Å². The van der Waals surface area contributed by atoms with Crippen molar-refractivity contribution in [2.45, 2.75) is 11.8 Å². The molecule has 0 spiro atoms. The standard InChI is InChI=1S/C15H13ClO3S/c1-9-8-10(16)6-7-11(9)19-12-4-3-5-13(20-2)14(12)15(17)18/h3-8H,1-2H3,(H,17,18). The van der Waals surface area contributed by atoms with E-state index in [0.29, 0.717) is 21.4 Å². The lowest BCUT2D eigenvalue weighted by Gasteiger charge is -2.13. The third-order valence-corrected chi connectivity index (χ3v) is 3.79. The van der Waals surface area contributed by atoms with Crippen LogP contribution in [0, 0.1) is 6.92 Å². The zero-order valence-corrected chi connectivity index (χ0v) is 12.6. The van der Waals surface area contributed by atoms with Crippen molar-refractivity contribution in [3.8, 4) is 11.5 Å². The second-order valence-corrected chi connectivity index (χ2v) is 5.43. The summed E-state index contributed by atoms with van der Waals surface area (Å²) in [5.41, 5.74) is 1.03. The molecule has 5 heteroatoms. The summed E-state index contributed by atoms with van der Waals surface area (Å²) >= 11 is 7.27. The first-order valence-electron chi connectivity index (χ1n) is 5.87. The molecule has 0 aliphatic heterocycles. The Morgan fingerprint density at radius 3 is 2.60 bits per heavy atom. The van der Waals surface area contributed by atoms with E-state index in [4.69, 9.17) is 16.3 Å². The van der Waals surface area contributed by atoms with Crippen molar-refractivity contribution in [1.29, 1.82) is 0 Å². The highest BCUT2D eigenvalue weighted by Crippen LogP contribution is 2.33. The molecule has 2 aromatic carbocycles. The summed E-state index contributed by atoms with van der Waals surface area (Å²) in [6.45, 7) is 1.86. The van der Waals surface area contributed by atoms with Crippen LogP contribution in [0.1, 0.15) is 15.9 Å². The average molecular weight is 309 g/mol. The lowest BCUT2D eigenvalue weighted by atomic mass is 10.2. The number of hydrogen-bond donors (Lipinski definition) is 1. The molecular formula is C15H13ClO3S. The van der Waals surface area contributed by atoms with E-state index < -0.39 is 5.97 Å². The van der Waals surface area contributed by atoms with Gasteiger partial charge in [0.05, 0.1) is 0 Å². The molecule has 0 bridgehead atoms. The molecule has 0 atom stereocenters. The van der Waals surface area contributed by atoms with Gasteiger partial charge in [-0.2, -0.15) is 0 Å². The maximum Gasteiger partial charge on any atom is 0.340 e. The van der Waals surface area contributed by atoms with Gasteiger partial charge in [-0.15, -0.1) is 11.8 Å². The molecule has 0 aromatic heterocycles. The molecule has 0 saturated heterocycles. The van der Waals surface area contributed by atoms with E-state index >= 15 is 0 Å². The van der Waals surface area contributed by atoms with Crippen LogP contribution in [-0.4, -0.2) is 17.3 Å². The van der Waals surface area contributed by atoms with Gasteiger partial charge >= 0.3 is 5.97 Å². The number of rotatable bonds is 4. The molecule has 0 heterocycles. The topological polar surface area (TPSA) is 46.5 Å². The Balaban J connectivity index is 2.45. The van der Waals surface area contributed by atoms with Crippen LogP contribution in [0.3, 0.4) is 0 Å². The second kappa shape index (κ2) is 6.20. The number of aromatic carboxylic acids is 1. The second-order valence-electron chi connectivity index (χ2n) is 4.15. The molecule has 20 heavy (non-hydrogen) atoms. The number of aryl methyl sites for hydroxylation is 1. The maximum atomic E-state index is 11.4. The van der Waals surface area contributed by atoms with E-state index in [1.807, 2.05) is 13.2 Å². The van der Waals surface area contributed by atoms with Gasteiger partial charge < -0.3 is 9.84 Å². The lowest BCUT2D eigenvalue weighted by Crippen LogP contribution is -2.02. The Kier molecular flexibility index (Phi) is 4.57. The fraction of sp³-hybridized carbons (Fsp3) is 0.133. The van der Waals surface area contributed by atoms with Gasteiger partial charge in [-0.1, -0.05) is 17.7 Å². The van der Waals surface area contributed by atoms with E-state index in [-0.39, 0.29) is 5.56 Å². The van der Waals surface area contributed by atoms with Crippen LogP contribution < -0.4 is 4.74 Å². The fourth-order valence-electron chi connectivity index (χ4n) is 1.82. The summed E-state index contributed by atoms with van der Waals surface area (Å²) < 4.78 is 5.75. The van der Waals surface area contributed by atoms with Crippen molar-refractivity contribution in [2.75, 3.05) is 6.26 Å². The number of carboxylic acid groups (broad SMARTS) is 1. The van der Waals surface area contributed by atoms with Gasteiger partial charge in [0.15, 0.2) is 0 Å². The number of thioether (sulfide) groups is 1. The van der Waals surface area contributed by atoms with Crippen LogP contribution in [0.25, 0.3) is 0 Å². The summed E-state index contributed by atoms with van der Waals surface area (Å²) in [6.07, 6.45) is 1.83. The van der Waals surface area contributed by atoms with Crippen molar-refractivity contribution in [2.24, 2.45) is 0 Å². The van der Waals surface area contributed by atoms with Crippen LogP contribution in [0.2, 0.25) is 5.02 Å². The van der Waals surface area contributed by atoms with Gasteiger partial charge in [-0.05, 0) is 49.1 Å². The summed E-state index contributed by atoms with van der Waals surface area (Å²) in [4.78, 5) is 12.1. The maximum absolute atomic E-state index is 11.4. The third-order valence-electron chi connectivity index (χ3n) is 2.78. The number of halogens is 1. The Hall–Kier alpha value is -1.65. The monoisotopic (exact) mass is 308 g/mol. The predicted molar refractivity (Wildman–Crippen MR) is 81.4 cm³/mol. The first-order valence-corrected chi connectivity index (χ1v) is 7.47. The minimum atomic E-state index is -1.00. The summed E-state index contributed by atoms with van der Waals surface area (Å²) in [5.74, 6) is -0.0820. The van der Waals surface area contributed by atoms with E-state index in [0.717, 1.165) is 5.56 Å². The van der Waals surface area contributed by atoms with Crippen molar-refractivity contribution in [1.82, 2.24) is 0 Å². The molecule has 0 amide bonds. The van der Waals surface area contributed by atoms with Crippen molar-refractivity contribution >= 4 is 29.3 Å². The zero-order chi connectivity index (χ0) is 14.7. The number of benzene rings is 2. The first-order chi connectivity index (χ1) is 9.52. The molecule has 0 unspecified atom stereocenters. The van der Waals surface area contributed by atoms with Gasteiger partial charge in [0, 0.05) is 9.92 Å². The van der Waals surface area contributed by atoms with Crippen LogP contribution in [0.5, 0.6) is 11.5 Å². The number of ether oxygens (including phenoxy) is 1. The highest BCUT2D eigenvalue weighted by Gasteiger charge is 2.17. The predicted octanol–water partition coefficient (Wildman–Crippen LogP) is 4.86. The fourth-order valence-corrected chi connectivity index (χ4v) is 2.66. The molecule has 2 rings (SSSR count). The largest absolute Gasteiger partial charge is 0.478 e. The first kappa shape index (κ1) is 14.8. The Bertz CT molecular complexity index is 656. The van der Waals surface area contributed by atoms with Crippen LogP contribution in [0.15, 0.2) is 41.3 Å². The van der Waals surface area contributed by atoms with Gasteiger partial charge in [0.1, 0.15) is 17.1 Å². The minimum absolute atomic E-state index is 0.175. The zero-order valence-electron chi connectivity index (χ0n) is 11.0. The Morgan fingerprint density at radius 2 is 2.00 bits per heavy atom. The molecule has 0 aliphatic rings. The number of carboxylic acids is 1. The van der Waals surface area contributed by atoms with Gasteiger partial charge in [0.25, 0.3) is 0 Å². The van der Waals surface area contributed by atoms with Crippen molar-refractivity contribution < 1.29 is 14.6 Å². The highest BCUT2D eigenvalue weighted by atomic mass is 35.5. The van der Waals surface area contributed by atoms with Gasteiger partial charge in [0.2, 0.25) is 0 Å². The lowest BCUT2D eigenvalue weighted by molar-refractivity contribution is 0.0690. The molecule has 3 nitrogen and oxygen atoms in total. The van der Waals surface area contributed by atoms with E-state index in [1.165, 1.54) is 11.8 Å². The number of hydrogen-bond acceptors (Lipinski definition) is 3. The van der Waals surface area contributed by atoms with Gasteiger partial charge in [-0.25, -0.2) is 4.79 Å². The molecule has 1 N–H and O–H groups in total. The Morgan fingerprint density at radius 1 is 1.25 bits per heavy atom. The number of carbonyl (C=O) groups is 1. The van der Waals surface area contributed by atoms with Crippen molar-refractivity contribution in [3.05, 3.63) is 52.5 Å². The smallest absolute Gasteiger partial charge is 0.340 e. The van der Waals surface area contributed by atoms with E-state index in [2.05, 4.69) is 0 Å². The van der Waals surface area contributed by atoms with Gasteiger partial charge in [-0.3, -0.25) is 0 Å². The summed E-state index contributed by atoms with van der Waals surface area (Å²) in [7, 11) is 0.